The third-order valence-corrected chi connectivity index (χ3v) is 2.51. The lowest BCUT2D eigenvalue weighted by atomic mass is 9.95. The summed E-state index contributed by atoms with van der Waals surface area (Å²) in [7, 11) is 0. The van der Waals surface area contributed by atoms with Crippen molar-refractivity contribution in [2.75, 3.05) is 0 Å². The Bertz CT molecular complexity index is 387. The highest BCUT2D eigenvalue weighted by atomic mass is 16.4. The third-order valence-electron chi connectivity index (χ3n) is 2.51. The van der Waals surface area contributed by atoms with Crippen molar-refractivity contribution < 1.29 is 34.8 Å². The Hall–Kier alpha value is -2.41. The Morgan fingerprint density at radius 1 is 0.720 bits per heavy atom. The number of carboxylic acid groups (broad SMARTS) is 3. The summed E-state index contributed by atoms with van der Waals surface area (Å²) in [4.78, 5) is 28.8. The molecule has 0 aromatic heterocycles. The average Bonchev–Trinajstić information content (AvgIpc) is 2.39. The number of aliphatic hydroxyl groups is 1. The van der Waals surface area contributed by atoms with Crippen LogP contribution >= 0.6 is 0 Å². The van der Waals surface area contributed by atoms with Crippen LogP contribution in [0.15, 0.2) is 36.5 Å². The van der Waals surface area contributed by atoms with Crippen LogP contribution in [0.5, 0.6) is 0 Å². The summed E-state index contributed by atoms with van der Waals surface area (Å²) in [6, 6.07) is 0. The molecule has 0 bridgehead atoms. The van der Waals surface area contributed by atoms with Gasteiger partial charge in [-0.2, -0.15) is 0 Å². The molecule has 0 aliphatic rings. The van der Waals surface area contributed by atoms with Gasteiger partial charge in [0.15, 0.2) is 0 Å². The van der Waals surface area contributed by atoms with E-state index in [-0.39, 0.29) is 16.7 Å². The van der Waals surface area contributed by atoms with Crippen LogP contribution in [0.4, 0.5) is 0 Å². The van der Waals surface area contributed by atoms with Crippen LogP contribution in [0, 0.1) is 5.92 Å². The summed E-state index contributed by atoms with van der Waals surface area (Å²) in [5, 5.41) is 32.8. The topological polar surface area (TPSA) is 132 Å². The van der Waals surface area contributed by atoms with Crippen molar-refractivity contribution >= 4 is 17.9 Å². The molecular weight excluding hydrogens is 328 g/mol. The minimum absolute atomic E-state index is 0.176. The van der Waals surface area contributed by atoms with Gasteiger partial charge in [0.1, 0.15) is 0 Å². The molecule has 25 heavy (non-hydrogen) atoms. The Morgan fingerprint density at radius 3 is 0.800 bits per heavy atom. The van der Waals surface area contributed by atoms with Gasteiger partial charge >= 0.3 is 17.9 Å². The Labute approximate surface area is 150 Å². The van der Waals surface area contributed by atoms with Crippen molar-refractivity contribution in [3.63, 3.8) is 0 Å². The van der Waals surface area contributed by atoms with E-state index in [0.717, 1.165) is 0 Å². The van der Waals surface area contributed by atoms with E-state index in [9.17, 15) is 14.4 Å². The maximum atomic E-state index is 9.60. The molecule has 0 aromatic carbocycles. The summed E-state index contributed by atoms with van der Waals surface area (Å²) in [5.41, 5.74) is 0.0278. The van der Waals surface area contributed by atoms with E-state index in [4.69, 9.17) is 20.4 Å². The summed E-state index contributed by atoms with van der Waals surface area (Å²) in [6.07, 6.45) is 0. The molecule has 0 rings (SSSR count). The lowest BCUT2D eigenvalue weighted by Gasteiger charge is -2.21. The van der Waals surface area contributed by atoms with Crippen molar-refractivity contribution in [3.8, 4) is 0 Å². The molecule has 0 amide bonds. The highest BCUT2D eigenvalue weighted by Gasteiger charge is 2.16. The van der Waals surface area contributed by atoms with Gasteiger partial charge in [0.2, 0.25) is 0 Å². The molecule has 0 aromatic rings. The first-order valence-corrected chi connectivity index (χ1v) is 7.26. The normalized spacial score (nSPS) is 9.00. The van der Waals surface area contributed by atoms with Crippen LogP contribution in [-0.4, -0.2) is 43.9 Å². The zero-order valence-electron chi connectivity index (χ0n) is 16.2. The van der Waals surface area contributed by atoms with Gasteiger partial charge in [-0.25, -0.2) is 14.4 Å². The van der Waals surface area contributed by atoms with Gasteiger partial charge in [0.05, 0.1) is 5.60 Å². The molecule has 0 unspecified atom stereocenters. The molecule has 146 valence electrons. The predicted molar refractivity (Wildman–Crippen MR) is 98.5 cm³/mol. The quantitative estimate of drug-likeness (QED) is 0.565. The first-order valence-electron chi connectivity index (χ1n) is 7.26. The summed E-state index contributed by atoms with van der Waals surface area (Å²) in [6.45, 7) is 21.4. The Morgan fingerprint density at radius 2 is 0.800 bits per heavy atom. The van der Waals surface area contributed by atoms with E-state index >= 15 is 0 Å². The van der Waals surface area contributed by atoms with Gasteiger partial charge in [-0.1, -0.05) is 33.6 Å². The molecule has 0 saturated heterocycles. The van der Waals surface area contributed by atoms with Crippen LogP contribution < -0.4 is 0 Å². The lowest BCUT2D eigenvalue weighted by molar-refractivity contribution is -0.133. The van der Waals surface area contributed by atoms with Gasteiger partial charge in [-0.3, -0.25) is 0 Å². The second-order valence-electron chi connectivity index (χ2n) is 6.06. The highest BCUT2D eigenvalue weighted by molar-refractivity contribution is 5.85. The zero-order valence-corrected chi connectivity index (χ0v) is 16.2. The number of hydrogen-bond acceptors (Lipinski definition) is 4. The Kier molecular flexibility index (Phi) is 18.4. The molecule has 0 spiro atoms. The average molecular weight is 360 g/mol. The van der Waals surface area contributed by atoms with E-state index in [1.807, 2.05) is 27.7 Å². The van der Waals surface area contributed by atoms with Gasteiger partial charge in [0.25, 0.3) is 0 Å². The van der Waals surface area contributed by atoms with Crippen molar-refractivity contribution in [2.45, 2.75) is 54.1 Å². The largest absolute Gasteiger partial charge is 0.478 e. The molecule has 4 N–H and O–H groups in total. The van der Waals surface area contributed by atoms with Crippen molar-refractivity contribution in [3.05, 3.63) is 36.5 Å². The van der Waals surface area contributed by atoms with Crippen LogP contribution in [0.3, 0.4) is 0 Å². The van der Waals surface area contributed by atoms with Crippen LogP contribution in [0.1, 0.15) is 48.5 Å². The first kappa shape index (κ1) is 30.5. The molecule has 7 nitrogen and oxygen atoms in total. The molecular formula is C18H32O7. The maximum Gasteiger partial charge on any atom is 0.330 e. The number of hydrogen-bond donors (Lipinski definition) is 4. The smallest absolute Gasteiger partial charge is 0.330 e. The second kappa shape index (κ2) is 15.1. The molecule has 0 fully saturated rings. The van der Waals surface area contributed by atoms with Crippen LogP contribution in [0.2, 0.25) is 0 Å². The summed E-state index contributed by atoms with van der Waals surface area (Å²) in [5.74, 6) is -2.45. The number of carboxylic acids is 3. The number of carbonyl (C=O) groups is 3. The van der Waals surface area contributed by atoms with Crippen molar-refractivity contribution in [1.29, 1.82) is 0 Å². The third kappa shape index (κ3) is 34.1. The monoisotopic (exact) mass is 360 g/mol. The minimum Gasteiger partial charge on any atom is -0.478 e. The van der Waals surface area contributed by atoms with E-state index in [1.54, 1.807) is 0 Å². The lowest BCUT2D eigenvalue weighted by Crippen LogP contribution is -2.25. The molecule has 0 aliphatic carbocycles. The fraction of sp³-hybridized carbons (Fsp3) is 0.500. The summed E-state index contributed by atoms with van der Waals surface area (Å²) < 4.78 is 0. The fourth-order valence-corrected chi connectivity index (χ4v) is 0. The van der Waals surface area contributed by atoms with E-state index in [1.165, 1.54) is 20.8 Å². The molecule has 0 radical (unpaired) electrons. The molecule has 0 heterocycles. The minimum atomic E-state index is -0.935. The SMILES string of the molecule is C=C(C)C(=O)O.C=C(C)C(=O)O.C=C(C)C(=O)O.CC(C)C(C)(C)O. The fourth-order valence-electron chi connectivity index (χ4n) is 0. The molecule has 0 saturated carbocycles. The van der Waals surface area contributed by atoms with Gasteiger partial charge in [-0.15, -0.1) is 0 Å². The predicted octanol–water partition coefficient (Wildman–Crippen LogP) is 3.35. The number of rotatable bonds is 4. The van der Waals surface area contributed by atoms with Crippen molar-refractivity contribution in [1.82, 2.24) is 0 Å². The molecule has 0 atom stereocenters. The van der Waals surface area contributed by atoms with Crippen LogP contribution in [0.25, 0.3) is 0 Å². The molecule has 7 heteroatoms. The van der Waals surface area contributed by atoms with Gasteiger partial charge in [0, 0.05) is 16.7 Å². The first-order chi connectivity index (χ1) is 10.9. The van der Waals surface area contributed by atoms with E-state index < -0.39 is 23.5 Å². The van der Waals surface area contributed by atoms with E-state index in [2.05, 4.69) is 19.7 Å². The standard InChI is InChI=1S/C6H14O.3C4H6O2/c1-5(2)6(3,4)7;3*1-3(2)4(5)6/h5,7H,1-4H3;3*1H2,2H3,(H,5,6). The number of aliphatic carboxylic acids is 3. The van der Waals surface area contributed by atoms with E-state index in [0.29, 0.717) is 5.92 Å². The molecule has 0 aliphatic heterocycles. The highest BCUT2D eigenvalue weighted by Crippen LogP contribution is 2.12. The van der Waals surface area contributed by atoms with Crippen LogP contribution in [-0.2, 0) is 14.4 Å². The zero-order chi connectivity index (χ0) is 21.5. The second-order valence-corrected chi connectivity index (χ2v) is 6.06. The summed E-state index contributed by atoms with van der Waals surface area (Å²) >= 11 is 0. The maximum absolute atomic E-state index is 9.60. The van der Waals surface area contributed by atoms with Gasteiger partial charge in [-0.05, 0) is 40.5 Å². The Balaban J connectivity index is -0.000000118. The van der Waals surface area contributed by atoms with Gasteiger partial charge < -0.3 is 20.4 Å². The van der Waals surface area contributed by atoms with Crippen molar-refractivity contribution in [2.24, 2.45) is 5.92 Å².